The van der Waals surface area contributed by atoms with Gasteiger partial charge in [-0.3, -0.25) is 0 Å². The lowest BCUT2D eigenvalue weighted by Gasteiger charge is -2.22. The Morgan fingerprint density at radius 3 is 2.52 bits per heavy atom. The fourth-order valence-electron chi connectivity index (χ4n) is 3.10. The number of hydrogen-bond acceptors (Lipinski definition) is 2. The zero-order valence-corrected chi connectivity index (χ0v) is 13.9. The third-order valence-corrected chi connectivity index (χ3v) is 4.14. The molecule has 3 heteroatoms. The monoisotopic (exact) mass is 287 g/mol. The van der Waals surface area contributed by atoms with Gasteiger partial charge in [-0.2, -0.15) is 0 Å². The summed E-state index contributed by atoms with van der Waals surface area (Å²) in [6.07, 6.45) is 6.18. The predicted molar refractivity (Wildman–Crippen MR) is 91.7 cm³/mol. The standard InChI is InChI=1S/C18H29N3/c1-5-7-9-15(8-6-2)21-17-11-10-14(19)12-16(17)20-18(21)13(3)4/h10-13,15H,5-9,19H2,1-4H3. The number of nitrogens with two attached hydrogens (primary N) is 1. The van der Waals surface area contributed by atoms with Gasteiger partial charge < -0.3 is 10.3 Å². The lowest BCUT2D eigenvalue weighted by molar-refractivity contribution is 0.409. The van der Waals surface area contributed by atoms with Gasteiger partial charge >= 0.3 is 0 Å². The third kappa shape index (κ3) is 3.39. The first kappa shape index (κ1) is 15.9. The Morgan fingerprint density at radius 1 is 1.14 bits per heavy atom. The Hall–Kier alpha value is -1.51. The Bertz CT molecular complexity index is 583. The first-order valence-corrected chi connectivity index (χ1v) is 8.35. The van der Waals surface area contributed by atoms with E-state index in [1.54, 1.807) is 0 Å². The molecular formula is C18H29N3. The highest BCUT2D eigenvalue weighted by Crippen LogP contribution is 2.31. The Kier molecular flexibility index (Phi) is 5.27. The highest BCUT2D eigenvalue weighted by molar-refractivity contribution is 5.80. The number of fused-ring (bicyclic) bond motifs is 1. The van der Waals surface area contributed by atoms with E-state index in [0.29, 0.717) is 12.0 Å². The second kappa shape index (κ2) is 6.97. The average molecular weight is 287 g/mol. The highest BCUT2D eigenvalue weighted by atomic mass is 15.1. The maximum Gasteiger partial charge on any atom is 0.112 e. The average Bonchev–Trinajstić information content (AvgIpc) is 2.82. The molecule has 0 radical (unpaired) electrons. The van der Waals surface area contributed by atoms with Gasteiger partial charge in [0.25, 0.3) is 0 Å². The molecular weight excluding hydrogens is 258 g/mol. The van der Waals surface area contributed by atoms with E-state index in [1.807, 2.05) is 12.1 Å². The number of unbranched alkanes of at least 4 members (excludes halogenated alkanes) is 1. The minimum atomic E-state index is 0.430. The summed E-state index contributed by atoms with van der Waals surface area (Å²) in [5.74, 6) is 1.63. The molecule has 0 spiro atoms. The Morgan fingerprint density at radius 2 is 1.90 bits per heavy atom. The van der Waals surface area contributed by atoms with E-state index in [0.717, 1.165) is 11.2 Å². The van der Waals surface area contributed by atoms with Crippen LogP contribution in [-0.4, -0.2) is 9.55 Å². The van der Waals surface area contributed by atoms with Crippen molar-refractivity contribution in [2.45, 2.75) is 71.8 Å². The number of benzene rings is 1. The SMILES string of the molecule is CCCCC(CCC)n1c(C(C)C)nc2cc(N)ccc21. The fourth-order valence-corrected chi connectivity index (χ4v) is 3.10. The maximum absolute atomic E-state index is 5.93. The van der Waals surface area contributed by atoms with E-state index in [9.17, 15) is 0 Å². The van der Waals surface area contributed by atoms with Crippen molar-refractivity contribution in [1.29, 1.82) is 0 Å². The number of nitrogens with zero attached hydrogens (tertiary/aromatic N) is 2. The molecule has 116 valence electrons. The van der Waals surface area contributed by atoms with Crippen LogP contribution >= 0.6 is 0 Å². The molecule has 2 aromatic rings. The van der Waals surface area contributed by atoms with Crippen molar-refractivity contribution in [3.05, 3.63) is 24.0 Å². The molecule has 0 aliphatic heterocycles. The Balaban J connectivity index is 2.53. The number of anilines is 1. The van der Waals surface area contributed by atoms with Crippen LogP contribution in [0, 0.1) is 0 Å². The van der Waals surface area contributed by atoms with E-state index in [-0.39, 0.29) is 0 Å². The van der Waals surface area contributed by atoms with Gasteiger partial charge in [0.1, 0.15) is 5.82 Å². The van der Waals surface area contributed by atoms with Crippen LogP contribution in [0.5, 0.6) is 0 Å². The lowest BCUT2D eigenvalue weighted by atomic mass is 10.0. The molecule has 0 fully saturated rings. The summed E-state index contributed by atoms with van der Waals surface area (Å²) < 4.78 is 2.48. The second-order valence-electron chi connectivity index (χ2n) is 6.33. The van der Waals surface area contributed by atoms with Gasteiger partial charge in [0.05, 0.1) is 11.0 Å². The molecule has 3 nitrogen and oxygen atoms in total. The number of hydrogen-bond donors (Lipinski definition) is 1. The van der Waals surface area contributed by atoms with E-state index in [1.165, 1.54) is 43.4 Å². The molecule has 0 saturated heterocycles. The number of aromatic nitrogens is 2. The predicted octanol–water partition coefficient (Wildman–Crippen LogP) is 5.27. The summed E-state index contributed by atoms with van der Waals surface area (Å²) in [5.41, 5.74) is 9.00. The van der Waals surface area contributed by atoms with Crippen molar-refractivity contribution in [2.75, 3.05) is 5.73 Å². The van der Waals surface area contributed by atoms with Crippen LogP contribution in [0.25, 0.3) is 11.0 Å². The minimum absolute atomic E-state index is 0.430. The van der Waals surface area contributed by atoms with Crippen molar-refractivity contribution in [1.82, 2.24) is 9.55 Å². The molecule has 2 rings (SSSR count). The largest absolute Gasteiger partial charge is 0.399 e. The topological polar surface area (TPSA) is 43.8 Å². The number of nitrogen functional groups attached to an aromatic ring is 1. The normalized spacial score (nSPS) is 13.2. The fraction of sp³-hybridized carbons (Fsp3) is 0.611. The summed E-state index contributed by atoms with van der Waals surface area (Å²) in [5, 5.41) is 0. The molecule has 1 atom stereocenters. The molecule has 1 aromatic heterocycles. The number of imidazole rings is 1. The van der Waals surface area contributed by atoms with E-state index in [2.05, 4.69) is 38.3 Å². The molecule has 1 heterocycles. The summed E-state index contributed by atoms with van der Waals surface area (Å²) in [7, 11) is 0. The van der Waals surface area contributed by atoms with Gasteiger partial charge in [0.2, 0.25) is 0 Å². The van der Waals surface area contributed by atoms with Crippen LogP contribution in [-0.2, 0) is 0 Å². The molecule has 0 aliphatic rings. The maximum atomic E-state index is 5.93. The third-order valence-electron chi connectivity index (χ3n) is 4.14. The van der Waals surface area contributed by atoms with Crippen molar-refractivity contribution in [2.24, 2.45) is 0 Å². The van der Waals surface area contributed by atoms with Crippen molar-refractivity contribution < 1.29 is 0 Å². The molecule has 0 bridgehead atoms. The smallest absolute Gasteiger partial charge is 0.112 e. The van der Waals surface area contributed by atoms with Gasteiger partial charge in [0.15, 0.2) is 0 Å². The summed E-state index contributed by atoms with van der Waals surface area (Å²) >= 11 is 0. The Labute approximate surface area is 128 Å². The molecule has 0 aliphatic carbocycles. The van der Waals surface area contributed by atoms with Crippen LogP contribution < -0.4 is 5.73 Å². The van der Waals surface area contributed by atoms with Crippen LogP contribution in [0.1, 0.15) is 77.6 Å². The van der Waals surface area contributed by atoms with Crippen LogP contribution in [0.3, 0.4) is 0 Å². The van der Waals surface area contributed by atoms with Gasteiger partial charge in [0, 0.05) is 17.6 Å². The molecule has 0 amide bonds. The van der Waals surface area contributed by atoms with Crippen LogP contribution in [0.15, 0.2) is 18.2 Å². The van der Waals surface area contributed by atoms with Gasteiger partial charge in [-0.15, -0.1) is 0 Å². The molecule has 2 N–H and O–H groups in total. The molecule has 1 aromatic carbocycles. The number of rotatable bonds is 7. The molecule has 1 unspecified atom stereocenters. The van der Waals surface area contributed by atoms with Gasteiger partial charge in [-0.1, -0.05) is 47.0 Å². The first-order chi connectivity index (χ1) is 10.1. The van der Waals surface area contributed by atoms with Crippen molar-refractivity contribution >= 4 is 16.7 Å². The van der Waals surface area contributed by atoms with E-state index >= 15 is 0 Å². The van der Waals surface area contributed by atoms with Crippen molar-refractivity contribution in [3.8, 4) is 0 Å². The summed E-state index contributed by atoms with van der Waals surface area (Å²) in [6.45, 7) is 8.98. The molecule has 21 heavy (non-hydrogen) atoms. The molecule has 0 saturated carbocycles. The van der Waals surface area contributed by atoms with Gasteiger partial charge in [-0.25, -0.2) is 4.98 Å². The van der Waals surface area contributed by atoms with E-state index < -0.39 is 0 Å². The second-order valence-corrected chi connectivity index (χ2v) is 6.33. The quantitative estimate of drug-likeness (QED) is 0.705. The zero-order valence-electron chi connectivity index (χ0n) is 13.9. The van der Waals surface area contributed by atoms with Crippen molar-refractivity contribution in [3.63, 3.8) is 0 Å². The van der Waals surface area contributed by atoms with Crippen LogP contribution in [0.4, 0.5) is 5.69 Å². The zero-order chi connectivity index (χ0) is 15.4. The van der Waals surface area contributed by atoms with Crippen LogP contribution in [0.2, 0.25) is 0 Å². The first-order valence-electron chi connectivity index (χ1n) is 8.35. The summed E-state index contributed by atoms with van der Waals surface area (Å²) in [4.78, 5) is 4.87. The minimum Gasteiger partial charge on any atom is -0.399 e. The lowest BCUT2D eigenvalue weighted by Crippen LogP contribution is -2.13. The highest BCUT2D eigenvalue weighted by Gasteiger charge is 2.20. The van der Waals surface area contributed by atoms with E-state index in [4.69, 9.17) is 10.7 Å². The summed E-state index contributed by atoms with van der Waals surface area (Å²) in [6, 6.07) is 6.69. The van der Waals surface area contributed by atoms with Gasteiger partial charge in [-0.05, 0) is 31.0 Å².